The van der Waals surface area contributed by atoms with E-state index in [0.29, 0.717) is 0 Å². The number of benzene rings is 1. The van der Waals surface area contributed by atoms with Crippen molar-refractivity contribution >= 4 is 5.69 Å². The molecule has 2 aliphatic heterocycles. The molecule has 5 N–H and O–H groups in total. The van der Waals surface area contributed by atoms with Gasteiger partial charge in [0.1, 0.15) is 30.5 Å². The number of aliphatic hydroxyl groups excluding tert-OH is 4. The molecule has 0 radical (unpaired) electrons. The fourth-order valence-electron chi connectivity index (χ4n) is 2.81. The molecular formula is C16H19NO5. The second-order valence-corrected chi connectivity index (χ2v) is 5.54. The summed E-state index contributed by atoms with van der Waals surface area (Å²) in [6.45, 7) is 0.416. The van der Waals surface area contributed by atoms with E-state index in [4.69, 9.17) is 9.84 Å². The monoisotopic (exact) mass is 305 g/mol. The lowest BCUT2D eigenvalue weighted by atomic mass is 9.95. The van der Waals surface area contributed by atoms with Crippen LogP contribution in [0.5, 0.6) is 0 Å². The van der Waals surface area contributed by atoms with E-state index >= 15 is 0 Å². The summed E-state index contributed by atoms with van der Waals surface area (Å²) in [6, 6.07) is 5.83. The molecule has 1 aromatic rings. The van der Waals surface area contributed by atoms with E-state index in [0.717, 1.165) is 24.2 Å². The number of rotatable bonds is 1. The number of anilines is 1. The highest BCUT2D eigenvalue weighted by Crippen LogP contribution is 2.26. The first-order valence-electron chi connectivity index (χ1n) is 7.29. The molecule has 0 saturated carbocycles. The Bertz CT molecular complexity index is 606. The molecule has 6 heteroatoms. The molecule has 0 bridgehead atoms. The van der Waals surface area contributed by atoms with Crippen LogP contribution in [0.4, 0.5) is 5.69 Å². The molecule has 0 spiro atoms. The highest BCUT2D eigenvalue weighted by atomic mass is 16.5. The summed E-state index contributed by atoms with van der Waals surface area (Å²) in [5.41, 5.74) is 2.98. The minimum Gasteiger partial charge on any atom is -0.394 e. The average Bonchev–Trinajstić information content (AvgIpc) is 3.01. The van der Waals surface area contributed by atoms with Gasteiger partial charge in [0.25, 0.3) is 0 Å². The summed E-state index contributed by atoms with van der Waals surface area (Å²) in [7, 11) is 0. The van der Waals surface area contributed by atoms with Gasteiger partial charge in [-0.3, -0.25) is 0 Å². The number of fused-ring (bicyclic) bond motifs is 1. The van der Waals surface area contributed by atoms with E-state index in [-0.39, 0.29) is 0 Å². The van der Waals surface area contributed by atoms with Crippen LogP contribution in [0, 0.1) is 11.8 Å². The number of ether oxygens (including phenoxy) is 1. The Balaban J connectivity index is 1.83. The molecule has 1 saturated heterocycles. The van der Waals surface area contributed by atoms with Crippen LogP contribution in [0.25, 0.3) is 0 Å². The van der Waals surface area contributed by atoms with Crippen LogP contribution >= 0.6 is 0 Å². The highest BCUT2D eigenvalue weighted by Gasteiger charge is 2.42. The molecule has 2 aliphatic rings. The number of hydrogen-bond donors (Lipinski definition) is 5. The first kappa shape index (κ1) is 15.3. The van der Waals surface area contributed by atoms with Gasteiger partial charge in [-0.1, -0.05) is 24.0 Å². The summed E-state index contributed by atoms with van der Waals surface area (Å²) in [6.07, 6.45) is -5.03. The SMILES string of the molecule is OC[C@H]1O[C@H](C#Cc2cccc3c2NCC3)[C@@H](O)[C@@H](O)[C@@H]1O. The summed E-state index contributed by atoms with van der Waals surface area (Å²) in [5, 5.41) is 41.9. The van der Waals surface area contributed by atoms with Crippen molar-refractivity contribution in [2.24, 2.45) is 0 Å². The predicted octanol–water partition coefficient (Wildman–Crippen LogP) is -1.15. The van der Waals surface area contributed by atoms with Crippen molar-refractivity contribution in [2.75, 3.05) is 18.5 Å². The predicted molar refractivity (Wildman–Crippen MR) is 79.3 cm³/mol. The van der Waals surface area contributed by atoms with Gasteiger partial charge in [-0.2, -0.15) is 0 Å². The Kier molecular flexibility index (Phi) is 4.34. The van der Waals surface area contributed by atoms with Crippen molar-refractivity contribution in [2.45, 2.75) is 36.9 Å². The van der Waals surface area contributed by atoms with Crippen molar-refractivity contribution < 1.29 is 25.2 Å². The van der Waals surface area contributed by atoms with Crippen molar-refractivity contribution in [1.82, 2.24) is 0 Å². The molecule has 6 nitrogen and oxygen atoms in total. The summed E-state index contributed by atoms with van der Waals surface area (Å²) < 4.78 is 5.37. The molecule has 0 unspecified atom stereocenters. The van der Waals surface area contributed by atoms with Crippen molar-refractivity contribution in [1.29, 1.82) is 0 Å². The lowest BCUT2D eigenvalue weighted by Crippen LogP contribution is -2.58. The summed E-state index contributed by atoms with van der Waals surface area (Å²) >= 11 is 0. The smallest absolute Gasteiger partial charge is 0.147 e. The maximum absolute atomic E-state index is 9.96. The Labute approximate surface area is 128 Å². The number of aliphatic hydroxyl groups is 4. The van der Waals surface area contributed by atoms with Gasteiger partial charge < -0.3 is 30.5 Å². The Morgan fingerprint density at radius 3 is 2.77 bits per heavy atom. The van der Waals surface area contributed by atoms with Crippen LogP contribution in [0.3, 0.4) is 0 Å². The second-order valence-electron chi connectivity index (χ2n) is 5.54. The highest BCUT2D eigenvalue weighted by molar-refractivity contribution is 5.66. The van der Waals surface area contributed by atoms with Crippen molar-refractivity contribution in [3.8, 4) is 11.8 Å². The molecule has 2 heterocycles. The zero-order valence-corrected chi connectivity index (χ0v) is 11.9. The summed E-state index contributed by atoms with van der Waals surface area (Å²) in [4.78, 5) is 0. The molecule has 3 rings (SSSR count). The van der Waals surface area contributed by atoms with Crippen LogP contribution in [-0.2, 0) is 11.2 Å². The van der Waals surface area contributed by atoms with E-state index in [1.165, 1.54) is 5.56 Å². The lowest BCUT2D eigenvalue weighted by Gasteiger charge is -2.37. The molecule has 22 heavy (non-hydrogen) atoms. The van der Waals surface area contributed by atoms with Gasteiger partial charge in [0.15, 0.2) is 0 Å². The Morgan fingerprint density at radius 1 is 1.18 bits per heavy atom. The Hall–Kier alpha value is -1.62. The van der Waals surface area contributed by atoms with Gasteiger partial charge in [0, 0.05) is 12.1 Å². The molecule has 0 amide bonds. The number of nitrogens with one attached hydrogen (secondary N) is 1. The van der Waals surface area contributed by atoms with Gasteiger partial charge in [-0.15, -0.1) is 0 Å². The van der Waals surface area contributed by atoms with Crippen LogP contribution in [0.1, 0.15) is 11.1 Å². The first-order valence-corrected chi connectivity index (χ1v) is 7.29. The lowest BCUT2D eigenvalue weighted by molar-refractivity contribution is -0.214. The molecule has 5 atom stereocenters. The third-order valence-corrected chi connectivity index (χ3v) is 4.09. The third kappa shape index (κ3) is 2.70. The zero-order valence-electron chi connectivity index (χ0n) is 11.9. The van der Waals surface area contributed by atoms with E-state index in [2.05, 4.69) is 17.2 Å². The quantitative estimate of drug-likeness (QED) is 0.420. The maximum Gasteiger partial charge on any atom is 0.147 e. The minimum atomic E-state index is -1.40. The van der Waals surface area contributed by atoms with Gasteiger partial charge in [0.2, 0.25) is 0 Å². The van der Waals surface area contributed by atoms with E-state index in [1.807, 2.05) is 18.2 Å². The van der Waals surface area contributed by atoms with Crippen LogP contribution in [0.15, 0.2) is 18.2 Å². The fourth-order valence-corrected chi connectivity index (χ4v) is 2.81. The topological polar surface area (TPSA) is 102 Å². The number of para-hydroxylation sites is 1. The number of hydrogen-bond acceptors (Lipinski definition) is 6. The summed E-state index contributed by atoms with van der Waals surface area (Å²) in [5.74, 6) is 5.74. The molecule has 0 aromatic heterocycles. The molecule has 1 fully saturated rings. The molecule has 1 aromatic carbocycles. The van der Waals surface area contributed by atoms with E-state index in [1.54, 1.807) is 0 Å². The van der Waals surface area contributed by atoms with E-state index in [9.17, 15) is 15.3 Å². The van der Waals surface area contributed by atoms with Crippen molar-refractivity contribution in [3.63, 3.8) is 0 Å². The van der Waals surface area contributed by atoms with Crippen molar-refractivity contribution in [3.05, 3.63) is 29.3 Å². The molecular weight excluding hydrogens is 286 g/mol. The Morgan fingerprint density at radius 2 is 2.00 bits per heavy atom. The standard InChI is InChI=1S/C16H19NO5/c18-8-12-15(20)16(21)14(19)11(22-12)5-4-9-2-1-3-10-6-7-17-13(9)10/h1-3,11-12,14-21H,6-8H2/t11-,12-,14-,15-,16-/m1/s1. The minimum absolute atomic E-state index is 0.453. The van der Waals surface area contributed by atoms with Crippen LogP contribution in [0.2, 0.25) is 0 Å². The average molecular weight is 305 g/mol. The van der Waals surface area contributed by atoms with Gasteiger partial charge >= 0.3 is 0 Å². The maximum atomic E-state index is 9.96. The van der Waals surface area contributed by atoms with E-state index < -0.39 is 37.1 Å². The van der Waals surface area contributed by atoms with Gasteiger partial charge in [-0.25, -0.2) is 0 Å². The molecule has 0 aliphatic carbocycles. The van der Waals surface area contributed by atoms with Gasteiger partial charge in [0.05, 0.1) is 12.3 Å². The molecule has 118 valence electrons. The van der Waals surface area contributed by atoms with Crippen LogP contribution in [-0.4, -0.2) is 64.1 Å². The van der Waals surface area contributed by atoms with Crippen LogP contribution < -0.4 is 5.32 Å². The fraction of sp³-hybridized carbons (Fsp3) is 0.500. The first-order chi connectivity index (χ1) is 10.6. The normalized spacial score (nSPS) is 33.5. The largest absolute Gasteiger partial charge is 0.394 e. The third-order valence-electron chi connectivity index (χ3n) is 4.09. The van der Waals surface area contributed by atoms with Gasteiger partial charge in [-0.05, 0) is 18.1 Å². The second kappa shape index (κ2) is 6.24. The zero-order chi connectivity index (χ0) is 15.7.